The lowest BCUT2D eigenvalue weighted by atomic mass is 10.1. The molecule has 0 heterocycles. The van der Waals surface area contributed by atoms with Gasteiger partial charge < -0.3 is 10.1 Å². The van der Waals surface area contributed by atoms with E-state index in [1.165, 1.54) is 6.08 Å². The summed E-state index contributed by atoms with van der Waals surface area (Å²) in [6.45, 7) is 3.25. The maximum atomic E-state index is 12.1. The number of thioether (sulfide) groups is 1. The number of nitriles is 2. The van der Waals surface area contributed by atoms with E-state index < -0.39 is 18.5 Å². The maximum absolute atomic E-state index is 12.1. The summed E-state index contributed by atoms with van der Waals surface area (Å²) < 4.78 is 4.95. The number of rotatable bonds is 6. The lowest BCUT2D eigenvalue weighted by Crippen LogP contribution is -2.21. The second-order valence-corrected chi connectivity index (χ2v) is 6.71. The first-order chi connectivity index (χ1) is 13.4. The van der Waals surface area contributed by atoms with Crippen molar-refractivity contribution in [3.63, 3.8) is 0 Å². The molecule has 7 heteroatoms. The predicted molar refractivity (Wildman–Crippen MR) is 107 cm³/mol. The molecule has 0 radical (unpaired) electrons. The van der Waals surface area contributed by atoms with Crippen molar-refractivity contribution in [1.82, 2.24) is 0 Å². The Bertz CT molecular complexity index is 976. The topological polar surface area (TPSA) is 103 Å². The minimum absolute atomic E-state index is 0.413. The van der Waals surface area contributed by atoms with Crippen LogP contribution in [0.5, 0.6) is 0 Å². The van der Waals surface area contributed by atoms with Crippen LogP contribution >= 0.6 is 11.8 Å². The summed E-state index contributed by atoms with van der Waals surface area (Å²) in [6, 6.07) is 12.3. The van der Waals surface area contributed by atoms with Crippen LogP contribution in [0, 0.1) is 35.8 Å². The molecule has 0 saturated carbocycles. The number of nitrogens with one attached hydrogen (secondary N) is 1. The van der Waals surface area contributed by atoms with Crippen LogP contribution in [0.1, 0.15) is 22.3 Å². The van der Waals surface area contributed by atoms with Crippen molar-refractivity contribution in [2.24, 2.45) is 0 Å². The Morgan fingerprint density at radius 3 is 2.36 bits per heavy atom. The fourth-order valence-corrected chi connectivity index (χ4v) is 3.00. The highest BCUT2D eigenvalue weighted by Crippen LogP contribution is 2.27. The van der Waals surface area contributed by atoms with Crippen LogP contribution in [0.2, 0.25) is 0 Å². The largest absolute Gasteiger partial charge is 0.452 e. The molecular formula is C21H17N3O3S. The summed E-state index contributed by atoms with van der Waals surface area (Å²) >= 11 is 1.05. The number of hydrogen-bond donors (Lipinski definition) is 1. The quantitative estimate of drug-likeness (QED) is 0.346. The normalized spacial score (nSPS) is 10.1. The van der Waals surface area contributed by atoms with Crippen molar-refractivity contribution in [3.05, 3.63) is 64.7 Å². The molecule has 6 nitrogen and oxygen atoms in total. The van der Waals surface area contributed by atoms with E-state index in [1.54, 1.807) is 30.3 Å². The van der Waals surface area contributed by atoms with Crippen LogP contribution < -0.4 is 5.32 Å². The number of esters is 1. The molecule has 2 aromatic carbocycles. The molecule has 0 aliphatic rings. The molecule has 0 unspecified atom stereocenters. The van der Waals surface area contributed by atoms with Crippen LogP contribution in [0.4, 0.5) is 5.69 Å². The summed E-state index contributed by atoms with van der Waals surface area (Å²) in [5.74, 6) is -1.10. The molecule has 28 heavy (non-hydrogen) atoms. The highest BCUT2D eigenvalue weighted by atomic mass is 32.2. The first-order valence-electron chi connectivity index (χ1n) is 8.25. The highest BCUT2D eigenvalue weighted by molar-refractivity contribution is 8.03. The minimum atomic E-state index is -0.645. The van der Waals surface area contributed by atoms with E-state index >= 15 is 0 Å². The predicted octanol–water partition coefficient (Wildman–Crippen LogP) is 3.94. The van der Waals surface area contributed by atoms with Gasteiger partial charge in [0.1, 0.15) is 5.40 Å². The standard InChI is InChI=1S/C21H17N3O3S/c1-14-9-18(28-13-23)10-15(2)21(14)24-19(25)12-27-20(26)8-7-16-3-5-17(11-22)6-4-16/h3-10H,12H2,1-2H3,(H,24,25)/b8-7+. The second kappa shape index (κ2) is 9.96. The van der Waals surface area contributed by atoms with Gasteiger partial charge in [-0.25, -0.2) is 4.79 Å². The van der Waals surface area contributed by atoms with Crippen molar-refractivity contribution < 1.29 is 14.3 Å². The van der Waals surface area contributed by atoms with Gasteiger partial charge in [-0.3, -0.25) is 4.79 Å². The van der Waals surface area contributed by atoms with Gasteiger partial charge in [0.15, 0.2) is 6.61 Å². The van der Waals surface area contributed by atoms with Crippen LogP contribution in [-0.4, -0.2) is 18.5 Å². The molecule has 0 aliphatic heterocycles. The highest BCUT2D eigenvalue weighted by Gasteiger charge is 2.11. The Morgan fingerprint density at radius 1 is 1.14 bits per heavy atom. The van der Waals surface area contributed by atoms with E-state index in [-0.39, 0.29) is 0 Å². The Kier molecular flexibility index (Phi) is 7.38. The Balaban J connectivity index is 1.90. The number of aryl methyl sites for hydroxylation is 2. The van der Waals surface area contributed by atoms with Crippen LogP contribution in [0.15, 0.2) is 47.4 Å². The van der Waals surface area contributed by atoms with E-state index in [0.717, 1.165) is 33.3 Å². The minimum Gasteiger partial charge on any atom is -0.452 e. The molecule has 0 saturated heterocycles. The zero-order valence-electron chi connectivity index (χ0n) is 15.4. The number of carbonyl (C=O) groups is 2. The van der Waals surface area contributed by atoms with Gasteiger partial charge in [0, 0.05) is 16.7 Å². The summed E-state index contributed by atoms with van der Waals surface area (Å²) in [4.78, 5) is 24.6. The fourth-order valence-electron chi connectivity index (χ4n) is 2.43. The molecule has 2 aromatic rings. The van der Waals surface area contributed by atoms with Crippen molar-refractivity contribution in [2.45, 2.75) is 18.7 Å². The first-order valence-corrected chi connectivity index (χ1v) is 9.06. The molecule has 0 spiro atoms. The number of benzene rings is 2. The number of amides is 1. The monoisotopic (exact) mass is 391 g/mol. The third-order valence-corrected chi connectivity index (χ3v) is 4.29. The van der Waals surface area contributed by atoms with E-state index in [4.69, 9.17) is 15.3 Å². The van der Waals surface area contributed by atoms with Crippen LogP contribution in [0.3, 0.4) is 0 Å². The van der Waals surface area contributed by atoms with E-state index in [9.17, 15) is 9.59 Å². The lowest BCUT2D eigenvalue weighted by molar-refractivity contribution is -0.142. The Labute approximate surface area is 167 Å². The van der Waals surface area contributed by atoms with Crippen LogP contribution in [0.25, 0.3) is 6.08 Å². The number of ether oxygens (including phenoxy) is 1. The molecule has 1 amide bonds. The average molecular weight is 391 g/mol. The summed E-state index contributed by atoms with van der Waals surface area (Å²) in [5, 5.41) is 22.2. The van der Waals surface area contributed by atoms with Gasteiger partial charge in [-0.1, -0.05) is 12.1 Å². The zero-order valence-corrected chi connectivity index (χ0v) is 16.2. The summed E-state index contributed by atoms with van der Waals surface area (Å²) in [5.41, 5.74) is 3.54. The second-order valence-electron chi connectivity index (χ2n) is 5.85. The molecule has 0 atom stereocenters. The lowest BCUT2D eigenvalue weighted by Gasteiger charge is -2.12. The fraction of sp³-hybridized carbons (Fsp3) is 0.143. The number of hydrogen-bond acceptors (Lipinski definition) is 6. The van der Waals surface area contributed by atoms with Crippen LogP contribution in [-0.2, 0) is 14.3 Å². The maximum Gasteiger partial charge on any atom is 0.331 e. The molecule has 2 rings (SSSR count). The van der Waals surface area contributed by atoms with Gasteiger partial charge in [-0.05, 0) is 72.6 Å². The molecule has 0 aliphatic carbocycles. The Morgan fingerprint density at radius 2 is 1.79 bits per heavy atom. The zero-order chi connectivity index (χ0) is 20.5. The van der Waals surface area contributed by atoms with Gasteiger partial charge in [0.05, 0.1) is 11.6 Å². The van der Waals surface area contributed by atoms with E-state index in [0.29, 0.717) is 11.3 Å². The first kappa shape index (κ1) is 20.8. The van der Waals surface area contributed by atoms with Crippen molar-refractivity contribution in [1.29, 1.82) is 10.5 Å². The van der Waals surface area contributed by atoms with E-state index in [1.807, 2.05) is 37.5 Å². The number of nitrogens with zero attached hydrogens (tertiary/aromatic N) is 2. The van der Waals surface area contributed by atoms with Gasteiger partial charge in [-0.2, -0.15) is 10.5 Å². The number of anilines is 1. The van der Waals surface area contributed by atoms with Gasteiger partial charge in [-0.15, -0.1) is 0 Å². The molecule has 0 aromatic heterocycles. The van der Waals surface area contributed by atoms with Crippen molar-refractivity contribution in [3.8, 4) is 11.5 Å². The molecule has 140 valence electrons. The summed E-state index contributed by atoms with van der Waals surface area (Å²) in [6.07, 6.45) is 2.76. The third kappa shape index (κ3) is 6.01. The van der Waals surface area contributed by atoms with Crippen molar-refractivity contribution >= 4 is 35.4 Å². The van der Waals surface area contributed by atoms with Crippen molar-refractivity contribution in [2.75, 3.05) is 11.9 Å². The molecular weight excluding hydrogens is 374 g/mol. The molecule has 1 N–H and O–H groups in total. The Hall–Kier alpha value is -3.55. The number of carbonyl (C=O) groups excluding carboxylic acids is 2. The van der Waals surface area contributed by atoms with Gasteiger partial charge >= 0.3 is 5.97 Å². The SMILES string of the molecule is Cc1cc(SC#N)cc(C)c1NC(=O)COC(=O)/C=C/c1ccc(C#N)cc1. The third-order valence-electron chi connectivity index (χ3n) is 3.73. The van der Waals surface area contributed by atoms with Gasteiger partial charge in [0.2, 0.25) is 0 Å². The molecule has 0 fully saturated rings. The molecule has 0 bridgehead atoms. The van der Waals surface area contributed by atoms with Gasteiger partial charge in [0.25, 0.3) is 5.91 Å². The average Bonchev–Trinajstić information content (AvgIpc) is 2.68. The number of thiocyanates is 1. The smallest absolute Gasteiger partial charge is 0.331 e. The van der Waals surface area contributed by atoms with E-state index in [2.05, 4.69) is 5.32 Å². The summed E-state index contributed by atoms with van der Waals surface area (Å²) in [7, 11) is 0.